The molecule has 0 fully saturated rings. The van der Waals surface area contributed by atoms with Crippen LogP contribution in [0.4, 0.5) is 0 Å². The number of aldehydes is 1. The maximum atomic E-state index is 11.2. The largest absolute Gasteiger partial charge is 0.303 e. The van der Waals surface area contributed by atoms with Crippen LogP contribution < -0.4 is 0 Å². The summed E-state index contributed by atoms with van der Waals surface area (Å²) in [5.41, 5.74) is 3.66. The van der Waals surface area contributed by atoms with E-state index in [1.54, 1.807) is 0 Å². The first-order valence-electron chi connectivity index (χ1n) is 6.53. The Morgan fingerprint density at radius 1 is 1.22 bits per heavy atom. The van der Waals surface area contributed by atoms with Crippen LogP contribution in [0.3, 0.4) is 0 Å². The van der Waals surface area contributed by atoms with Crippen molar-refractivity contribution in [2.45, 2.75) is 27.2 Å². The Kier molecular flexibility index (Phi) is 3.51. The molecule has 0 amide bonds. The highest BCUT2D eigenvalue weighted by Crippen LogP contribution is 2.43. The Morgan fingerprint density at radius 2 is 1.89 bits per heavy atom. The van der Waals surface area contributed by atoms with Crippen LogP contribution >= 0.6 is 0 Å². The third kappa shape index (κ3) is 2.17. The highest BCUT2D eigenvalue weighted by Gasteiger charge is 2.33. The number of hydrogen-bond acceptors (Lipinski definition) is 1. The van der Waals surface area contributed by atoms with E-state index < -0.39 is 0 Å². The van der Waals surface area contributed by atoms with Crippen LogP contribution in [0.15, 0.2) is 42.5 Å². The molecule has 1 aromatic carbocycles. The summed E-state index contributed by atoms with van der Waals surface area (Å²) in [7, 11) is 0. The number of carbonyl (C=O) groups excluding carboxylic acids is 1. The summed E-state index contributed by atoms with van der Waals surface area (Å²) in [6.07, 6.45) is 8.20. The molecule has 0 aromatic heterocycles. The van der Waals surface area contributed by atoms with Gasteiger partial charge in [-0.25, -0.2) is 0 Å². The lowest BCUT2D eigenvalue weighted by atomic mass is 9.69. The molecular formula is C17H20O. The first kappa shape index (κ1) is 12.8. The lowest BCUT2D eigenvalue weighted by Gasteiger charge is -2.34. The fourth-order valence-corrected chi connectivity index (χ4v) is 2.51. The number of allylic oxidation sites excluding steroid dienone is 4. The number of rotatable bonds is 3. The van der Waals surface area contributed by atoms with Gasteiger partial charge >= 0.3 is 0 Å². The minimum absolute atomic E-state index is 0.0386. The standard InChI is InChI=1S/C17H20O/c1-4-13-8-10-14(11-9-13)16-7-5-6-15(12-18)17(16,2)3/h5-12,15H,4H2,1-3H3. The van der Waals surface area contributed by atoms with Crippen molar-refractivity contribution in [3.63, 3.8) is 0 Å². The van der Waals surface area contributed by atoms with E-state index in [1.807, 2.05) is 12.2 Å². The van der Waals surface area contributed by atoms with E-state index in [2.05, 4.69) is 51.1 Å². The van der Waals surface area contributed by atoms with Gasteiger partial charge in [-0.3, -0.25) is 0 Å². The van der Waals surface area contributed by atoms with Gasteiger partial charge in [-0.05, 0) is 23.1 Å². The van der Waals surface area contributed by atoms with Crippen molar-refractivity contribution in [2.24, 2.45) is 11.3 Å². The highest BCUT2D eigenvalue weighted by atomic mass is 16.1. The predicted octanol–water partition coefficient (Wildman–Crippen LogP) is 4.04. The monoisotopic (exact) mass is 240 g/mol. The normalized spacial score (nSPS) is 21.5. The topological polar surface area (TPSA) is 17.1 Å². The Hall–Kier alpha value is -1.63. The zero-order valence-electron chi connectivity index (χ0n) is 11.3. The summed E-state index contributed by atoms with van der Waals surface area (Å²) < 4.78 is 0. The third-order valence-electron chi connectivity index (χ3n) is 3.93. The first-order chi connectivity index (χ1) is 8.59. The molecule has 1 nitrogen and oxygen atoms in total. The number of carbonyl (C=O) groups is 1. The molecule has 1 aliphatic carbocycles. The van der Waals surface area contributed by atoms with Crippen LogP contribution in [0.25, 0.3) is 5.57 Å². The molecule has 1 unspecified atom stereocenters. The molecule has 1 aliphatic rings. The Balaban J connectivity index is 2.39. The van der Waals surface area contributed by atoms with E-state index in [9.17, 15) is 4.79 Å². The summed E-state index contributed by atoms with van der Waals surface area (Å²) >= 11 is 0. The van der Waals surface area contributed by atoms with Gasteiger partial charge in [-0.2, -0.15) is 0 Å². The fraction of sp³-hybridized carbons (Fsp3) is 0.353. The van der Waals surface area contributed by atoms with Gasteiger partial charge in [0.05, 0.1) is 0 Å². The second-order valence-electron chi connectivity index (χ2n) is 5.40. The summed E-state index contributed by atoms with van der Waals surface area (Å²) in [5.74, 6) is -0.0386. The average molecular weight is 240 g/mol. The molecule has 1 heteroatoms. The predicted molar refractivity (Wildman–Crippen MR) is 76.3 cm³/mol. The van der Waals surface area contributed by atoms with Gasteiger partial charge in [0.25, 0.3) is 0 Å². The van der Waals surface area contributed by atoms with Crippen molar-refractivity contribution in [1.82, 2.24) is 0 Å². The minimum atomic E-state index is -0.135. The molecule has 1 atom stereocenters. The number of hydrogen-bond donors (Lipinski definition) is 0. The molecule has 0 saturated carbocycles. The van der Waals surface area contributed by atoms with Crippen LogP contribution in [0, 0.1) is 11.3 Å². The summed E-state index contributed by atoms with van der Waals surface area (Å²) in [6, 6.07) is 8.65. The van der Waals surface area contributed by atoms with Crippen LogP contribution in [0.1, 0.15) is 31.9 Å². The van der Waals surface area contributed by atoms with E-state index >= 15 is 0 Å². The van der Waals surface area contributed by atoms with Crippen LogP contribution in [0.2, 0.25) is 0 Å². The Morgan fingerprint density at radius 3 is 2.44 bits per heavy atom. The van der Waals surface area contributed by atoms with Crippen LogP contribution in [-0.2, 0) is 11.2 Å². The van der Waals surface area contributed by atoms with Crippen molar-refractivity contribution in [3.8, 4) is 0 Å². The minimum Gasteiger partial charge on any atom is -0.303 e. The van der Waals surface area contributed by atoms with Gasteiger partial charge < -0.3 is 4.79 Å². The molecule has 0 bridgehead atoms. The maximum absolute atomic E-state index is 11.2. The van der Waals surface area contributed by atoms with Crippen molar-refractivity contribution >= 4 is 11.9 Å². The molecule has 0 radical (unpaired) electrons. The van der Waals surface area contributed by atoms with Gasteiger partial charge in [0.15, 0.2) is 0 Å². The number of benzene rings is 1. The van der Waals surface area contributed by atoms with E-state index in [0.29, 0.717) is 0 Å². The van der Waals surface area contributed by atoms with Crippen molar-refractivity contribution in [2.75, 3.05) is 0 Å². The molecule has 0 N–H and O–H groups in total. The average Bonchev–Trinajstić information content (AvgIpc) is 2.38. The van der Waals surface area contributed by atoms with Gasteiger partial charge in [-0.1, -0.05) is 63.3 Å². The lowest BCUT2D eigenvalue weighted by Crippen LogP contribution is -2.27. The van der Waals surface area contributed by atoms with E-state index in [4.69, 9.17) is 0 Å². The van der Waals surface area contributed by atoms with Gasteiger partial charge in [0, 0.05) is 11.3 Å². The van der Waals surface area contributed by atoms with E-state index in [0.717, 1.165) is 12.7 Å². The smallest absolute Gasteiger partial charge is 0.127 e. The zero-order chi connectivity index (χ0) is 13.2. The van der Waals surface area contributed by atoms with Gasteiger partial charge in [0.1, 0.15) is 6.29 Å². The summed E-state index contributed by atoms with van der Waals surface area (Å²) in [5, 5.41) is 0. The zero-order valence-corrected chi connectivity index (χ0v) is 11.3. The Bertz CT molecular complexity index is 489. The van der Waals surface area contributed by atoms with Crippen molar-refractivity contribution in [1.29, 1.82) is 0 Å². The molecule has 0 aliphatic heterocycles. The molecule has 0 spiro atoms. The van der Waals surface area contributed by atoms with Crippen LogP contribution in [0.5, 0.6) is 0 Å². The molecule has 0 heterocycles. The second kappa shape index (κ2) is 4.93. The second-order valence-corrected chi connectivity index (χ2v) is 5.40. The number of aryl methyl sites for hydroxylation is 1. The molecule has 94 valence electrons. The van der Waals surface area contributed by atoms with E-state index in [-0.39, 0.29) is 11.3 Å². The maximum Gasteiger partial charge on any atom is 0.127 e. The Labute approximate surface area is 109 Å². The van der Waals surface area contributed by atoms with Gasteiger partial charge in [-0.15, -0.1) is 0 Å². The molecule has 2 rings (SSSR count). The quantitative estimate of drug-likeness (QED) is 0.729. The molecule has 18 heavy (non-hydrogen) atoms. The summed E-state index contributed by atoms with van der Waals surface area (Å²) in [4.78, 5) is 11.2. The lowest BCUT2D eigenvalue weighted by molar-refractivity contribution is -0.111. The summed E-state index contributed by atoms with van der Waals surface area (Å²) in [6.45, 7) is 6.42. The third-order valence-corrected chi connectivity index (χ3v) is 3.93. The van der Waals surface area contributed by atoms with Crippen LogP contribution in [-0.4, -0.2) is 6.29 Å². The molecular weight excluding hydrogens is 220 g/mol. The highest BCUT2D eigenvalue weighted by molar-refractivity contribution is 5.78. The van der Waals surface area contributed by atoms with Crippen molar-refractivity contribution in [3.05, 3.63) is 53.6 Å². The molecule has 1 aromatic rings. The van der Waals surface area contributed by atoms with Crippen molar-refractivity contribution < 1.29 is 4.79 Å². The van der Waals surface area contributed by atoms with Gasteiger partial charge in [0.2, 0.25) is 0 Å². The fourth-order valence-electron chi connectivity index (χ4n) is 2.51. The van der Waals surface area contributed by atoms with E-state index in [1.165, 1.54) is 16.7 Å². The molecule has 0 saturated heterocycles. The SMILES string of the molecule is CCc1ccc(C2=CC=CC(C=O)C2(C)C)cc1. The first-order valence-corrected chi connectivity index (χ1v) is 6.53.